The summed E-state index contributed by atoms with van der Waals surface area (Å²) in [5, 5.41) is 2.65. The Labute approximate surface area is 103 Å². The smallest absolute Gasteiger partial charge is 0.328 e. The van der Waals surface area contributed by atoms with Crippen molar-refractivity contribution in [1.29, 1.82) is 0 Å². The van der Waals surface area contributed by atoms with Crippen LogP contribution in [0.25, 0.3) is 0 Å². The van der Waals surface area contributed by atoms with E-state index in [9.17, 15) is 9.59 Å². The maximum absolute atomic E-state index is 11.8. The average Bonchev–Trinajstić information content (AvgIpc) is 2.21. The lowest BCUT2D eigenvalue weighted by Crippen LogP contribution is -2.55. The number of carbonyl (C=O) groups is 2. The first-order chi connectivity index (χ1) is 7.61. The highest BCUT2D eigenvalue weighted by Crippen LogP contribution is 2.20. The molecular formula is C12H24N2O3. The zero-order valence-corrected chi connectivity index (χ0v) is 11.5. The minimum Gasteiger partial charge on any atom is -0.467 e. The van der Waals surface area contributed by atoms with E-state index in [1.807, 2.05) is 34.6 Å². The summed E-state index contributed by atoms with van der Waals surface area (Å²) in [7, 11) is 1.30. The van der Waals surface area contributed by atoms with Crippen LogP contribution in [0.1, 0.15) is 34.6 Å². The molecule has 0 aromatic carbocycles. The van der Waals surface area contributed by atoms with E-state index in [1.165, 1.54) is 7.11 Å². The number of nitrogens with two attached hydrogens (primary N) is 1. The fourth-order valence-corrected chi connectivity index (χ4v) is 1.29. The van der Waals surface area contributed by atoms with Gasteiger partial charge in [0.05, 0.1) is 13.2 Å². The van der Waals surface area contributed by atoms with E-state index in [4.69, 9.17) is 5.73 Å². The molecule has 0 aromatic heterocycles. The molecule has 0 rings (SSSR count). The molecule has 0 aliphatic carbocycles. The van der Waals surface area contributed by atoms with Crippen molar-refractivity contribution in [3.8, 4) is 0 Å². The fraction of sp³-hybridized carbons (Fsp3) is 0.833. The maximum Gasteiger partial charge on any atom is 0.328 e. The van der Waals surface area contributed by atoms with Crippen molar-refractivity contribution in [2.24, 2.45) is 17.1 Å². The van der Waals surface area contributed by atoms with Gasteiger partial charge in [0, 0.05) is 0 Å². The number of rotatable bonds is 4. The van der Waals surface area contributed by atoms with E-state index < -0.39 is 23.5 Å². The molecule has 1 amide bonds. The number of nitrogens with one attached hydrogen (secondary N) is 1. The SMILES string of the molecule is COC(=O)[C@@H](NC(=O)[C@@H](N)C(C)C)C(C)(C)C. The van der Waals surface area contributed by atoms with Crippen LogP contribution in [0.3, 0.4) is 0 Å². The lowest BCUT2D eigenvalue weighted by Gasteiger charge is -2.30. The molecule has 3 N–H and O–H groups in total. The van der Waals surface area contributed by atoms with Crippen LogP contribution in [0.4, 0.5) is 0 Å². The number of esters is 1. The van der Waals surface area contributed by atoms with Crippen LogP contribution in [0, 0.1) is 11.3 Å². The molecule has 2 atom stereocenters. The lowest BCUT2D eigenvalue weighted by atomic mass is 9.86. The molecule has 5 nitrogen and oxygen atoms in total. The van der Waals surface area contributed by atoms with Crippen molar-refractivity contribution < 1.29 is 14.3 Å². The highest BCUT2D eigenvalue weighted by molar-refractivity contribution is 5.87. The van der Waals surface area contributed by atoms with Crippen LogP contribution < -0.4 is 11.1 Å². The van der Waals surface area contributed by atoms with E-state index in [2.05, 4.69) is 10.1 Å². The second kappa shape index (κ2) is 6.00. The van der Waals surface area contributed by atoms with Gasteiger partial charge in [0.25, 0.3) is 0 Å². The van der Waals surface area contributed by atoms with Crippen LogP contribution in [0.15, 0.2) is 0 Å². The highest BCUT2D eigenvalue weighted by Gasteiger charge is 2.35. The molecule has 0 bridgehead atoms. The summed E-state index contributed by atoms with van der Waals surface area (Å²) >= 11 is 0. The fourth-order valence-electron chi connectivity index (χ4n) is 1.29. The molecule has 0 aliphatic heterocycles. The van der Waals surface area contributed by atoms with E-state index in [-0.39, 0.29) is 11.8 Å². The summed E-state index contributed by atoms with van der Waals surface area (Å²) in [6.45, 7) is 9.28. The molecule has 0 aliphatic rings. The molecule has 100 valence electrons. The summed E-state index contributed by atoms with van der Waals surface area (Å²) < 4.78 is 4.69. The predicted molar refractivity (Wildman–Crippen MR) is 66.2 cm³/mol. The van der Waals surface area contributed by atoms with Gasteiger partial charge < -0.3 is 15.8 Å². The van der Waals surface area contributed by atoms with Crippen molar-refractivity contribution in [1.82, 2.24) is 5.32 Å². The first kappa shape index (κ1) is 15.9. The molecule has 0 aromatic rings. The minimum atomic E-state index is -0.690. The summed E-state index contributed by atoms with van der Waals surface area (Å²) in [5.41, 5.74) is 5.31. The van der Waals surface area contributed by atoms with E-state index in [1.54, 1.807) is 0 Å². The van der Waals surface area contributed by atoms with Gasteiger partial charge in [0.2, 0.25) is 5.91 Å². The third kappa shape index (κ3) is 4.73. The van der Waals surface area contributed by atoms with Gasteiger partial charge in [-0.2, -0.15) is 0 Å². The molecule has 5 heteroatoms. The second-order valence-electron chi connectivity index (χ2n) is 5.60. The number of amides is 1. The molecule has 0 unspecified atom stereocenters. The Hall–Kier alpha value is -1.10. The quantitative estimate of drug-likeness (QED) is 0.712. The maximum atomic E-state index is 11.8. The van der Waals surface area contributed by atoms with Crippen molar-refractivity contribution in [3.05, 3.63) is 0 Å². The molecule has 0 fully saturated rings. The Morgan fingerprint density at radius 2 is 1.71 bits per heavy atom. The van der Waals surface area contributed by atoms with Crippen molar-refractivity contribution in [2.75, 3.05) is 7.11 Å². The summed E-state index contributed by atoms with van der Waals surface area (Å²) in [6.07, 6.45) is 0. The van der Waals surface area contributed by atoms with E-state index in [0.717, 1.165) is 0 Å². The van der Waals surface area contributed by atoms with E-state index in [0.29, 0.717) is 0 Å². The number of carbonyl (C=O) groups excluding carboxylic acids is 2. The zero-order valence-electron chi connectivity index (χ0n) is 11.5. The summed E-state index contributed by atoms with van der Waals surface area (Å²) in [5.74, 6) is -0.764. The summed E-state index contributed by atoms with van der Waals surface area (Å²) in [4.78, 5) is 23.4. The molecule has 0 radical (unpaired) electrons. The van der Waals surface area contributed by atoms with Crippen LogP contribution in [0.2, 0.25) is 0 Å². The van der Waals surface area contributed by atoms with Crippen LogP contribution in [-0.4, -0.2) is 31.1 Å². The zero-order chi connectivity index (χ0) is 13.8. The van der Waals surface area contributed by atoms with Gasteiger partial charge in [0.15, 0.2) is 0 Å². The lowest BCUT2D eigenvalue weighted by molar-refractivity contribution is -0.148. The second-order valence-corrected chi connectivity index (χ2v) is 5.60. The average molecular weight is 244 g/mol. The number of hydrogen-bond acceptors (Lipinski definition) is 4. The summed E-state index contributed by atoms with van der Waals surface area (Å²) in [6, 6.07) is -1.31. The number of hydrogen-bond donors (Lipinski definition) is 2. The van der Waals surface area contributed by atoms with Gasteiger partial charge in [-0.05, 0) is 11.3 Å². The van der Waals surface area contributed by atoms with Crippen molar-refractivity contribution in [3.63, 3.8) is 0 Å². The standard InChI is InChI=1S/C12H24N2O3/c1-7(2)8(13)10(15)14-9(11(16)17-6)12(3,4)5/h7-9H,13H2,1-6H3,(H,14,15)/t8-,9+/m0/s1. The molecule has 17 heavy (non-hydrogen) atoms. The minimum absolute atomic E-state index is 0.0215. The molecule has 0 saturated carbocycles. The van der Waals surface area contributed by atoms with Gasteiger partial charge in [-0.3, -0.25) is 4.79 Å². The Morgan fingerprint density at radius 3 is 2.00 bits per heavy atom. The van der Waals surface area contributed by atoms with Crippen molar-refractivity contribution >= 4 is 11.9 Å². The van der Waals surface area contributed by atoms with Crippen LogP contribution in [-0.2, 0) is 14.3 Å². The largest absolute Gasteiger partial charge is 0.467 e. The molecule has 0 heterocycles. The Bertz CT molecular complexity index is 282. The van der Waals surface area contributed by atoms with E-state index >= 15 is 0 Å². The predicted octanol–water partition coefficient (Wildman–Crippen LogP) is 0.674. The topological polar surface area (TPSA) is 81.4 Å². The van der Waals surface area contributed by atoms with Gasteiger partial charge in [-0.25, -0.2) is 4.79 Å². The number of methoxy groups -OCH3 is 1. The number of ether oxygens (including phenoxy) is 1. The monoisotopic (exact) mass is 244 g/mol. The normalized spacial score (nSPS) is 15.3. The molecule has 0 saturated heterocycles. The first-order valence-electron chi connectivity index (χ1n) is 5.75. The third-order valence-corrected chi connectivity index (χ3v) is 2.61. The third-order valence-electron chi connectivity index (χ3n) is 2.61. The van der Waals surface area contributed by atoms with Crippen LogP contribution in [0.5, 0.6) is 0 Å². The van der Waals surface area contributed by atoms with Crippen LogP contribution >= 0.6 is 0 Å². The van der Waals surface area contributed by atoms with Gasteiger partial charge in [-0.1, -0.05) is 34.6 Å². The molecule has 0 spiro atoms. The Kier molecular flexibility index (Phi) is 5.61. The Morgan fingerprint density at radius 1 is 1.24 bits per heavy atom. The van der Waals surface area contributed by atoms with Gasteiger partial charge >= 0.3 is 5.97 Å². The van der Waals surface area contributed by atoms with Crippen molar-refractivity contribution in [2.45, 2.75) is 46.7 Å². The first-order valence-corrected chi connectivity index (χ1v) is 5.75. The van der Waals surface area contributed by atoms with Gasteiger partial charge in [0.1, 0.15) is 6.04 Å². The Balaban J connectivity index is 4.78. The highest BCUT2D eigenvalue weighted by atomic mass is 16.5. The van der Waals surface area contributed by atoms with Gasteiger partial charge in [-0.15, -0.1) is 0 Å². The molecular weight excluding hydrogens is 220 g/mol.